The van der Waals surface area contributed by atoms with Gasteiger partial charge in [-0.25, -0.2) is 0 Å². The van der Waals surface area contributed by atoms with Gasteiger partial charge in [-0.1, -0.05) is 0 Å². The number of carbonyl (C=O) groups is 1. The first-order valence-electron chi connectivity index (χ1n) is 4.67. The van der Waals surface area contributed by atoms with Gasteiger partial charge < -0.3 is 14.9 Å². The van der Waals surface area contributed by atoms with Crippen molar-refractivity contribution in [1.29, 1.82) is 0 Å². The average molecular weight is 305 g/mol. The van der Waals surface area contributed by atoms with Gasteiger partial charge in [-0.3, -0.25) is 9.78 Å². The topological polar surface area (TPSA) is 79.7 Å². The maximum Gasteiger partial charge on any atom is 0.573 e. The summed E-state index contributed by atoms with van der Waals surface area (Å²) >= 11 is 0. The van der Waals surface area contributed by atoms with Gasteiger partial charge in [0, 0.05) is 0 Å². The van der Waals surface area contributed by atoms with E-state index in [1.165, 1.54) is 0 Å². The van der Waals surface area contributed by atoms with Crippen LogP contribution in [0.5, 0.6) is 11.5 Å². The maximum atomic E-state index is 12.6. The predicted octanol–water partition coefficient (Wildman–Crippen LogP) is 2.33. The monoisotopic (exact) mass is 305 g/mol. The van der Waals surface area contributed by atoms with E-state index in [9.17, 15) is 31.1 Å². The Balaban J connectivity index is 3.51. The fourth-order valence-electron chi connectivity index (χ4n) is 1.29. The molecular formula is C9H5F6NO4. The molecule has 0 aliphatic heterocycles. The van der Waals surface area contributed by atoms with Crippen LogP contribution < -0.4 is 4.74 Å². The Kier molecular flexibility index (Phi) is 4.01. The highest BCUT2D eigenvalue weighted by molar-refractivity contribution is 5.71. The number of alkyl halides is 6. The molecule has 0 unspecified atom stereocenters. The zero-order chi connectivity index (χ0) is 15.7. The predicted molar refractivity (Wildman–Crippen MR) is 48.9 cm³/mol. The molecule has 0 aromatic carbocycles. The van der Waals surface area contributed by atoms with Crippen molar-refractivity contribution >= 4 is 5.97 Å². The average Bonchev–Trinajstić information content (AvgIpc) is 2.17. The van der Waals surface area contributed by atoms with Crippen molar-refractivity contribution in [3.05, 3.63) is 17.5 Å². The molecule has 11 heteroatoms. The quantitative estimate of drug-likeness (QED) is 0.838. The summed E-state index contributed by atoms with van der Waals surface area (Å²) in [6, 6.07) is 0. The first-order chi connectivity index (χ1) is 8.92. The van der Waals surface area contributed by atoms with Crippen molar-refractivity contribution in [2.45, 2.75) is 19.0 Å². The van der Waals surface area contributed by atoms with Gasteiger partial charge in [0.2, 0.25) is 0 Å². The summed E-state index contributed by atoms with van der Waals surface area (Å²) in [6.45, 7) is 0. The van der Waals surface area contributed by atoms with Crippen LogP contribution in [0.2, 0.25) is 0 Å². The van der Waals surface area contributed by atoms with Crippen molar-refractivity contribution < 1.29 is 46.1 Å². The Bertz CT molecular complexity index is 524. The Hall–Kier alpha value is -2.20. The third-order valence-electron chi connectivity index (χ3n) is 1.91. The molecule has 1 aromatic rings. The number of carboxylic acid groups (broad SMARTS) is 1. The van der Waals surface area contributed by atoms with Gasteiger partial charge in [-0.15, -0.1) is 13.2 Å². The number of aliphatic carboxylic acids is 1. The largest absolute Gasteiger partial charge is 0.573 e. The lowest BCUT2D eigenvalue weighted by molar-refractivity contribution is -0.276. The van der Waals surface area contributed by atoms with Crippen LogP contribution in [-0.2, 0) is 17.4 Å². The molecule has 0 atom stereocenters. The Morgan fingerprint density at radius 1 is 1.25 bits per heavy atom. The Morgan fingerprint density at radius 2 is 1.80 bits per heavy atom. The Labute approximate surface area is 106 Å². The highest BCUT2D eigenvalue weighted by Gasteiger charge is 2.43. The van der Waals surface area contributed by atoms with Crippen LogP contribution in [0.4, 0.5) is 26.3 Å². The summed E-state index contributed by atoms with van der Waals surface area (Å²) in [5.41, 5.74) is -3.25. The number of ether oxygens (including phenoxy) is 1. The molecule has 0 fully saturated rings. The molecule has 20 heavy (non-hydrogen) atoms. The van der Waals surface area contributed by atoms with Crippen molar-refractivity contribution in [2.24, 2.45) is 0 Å². The van der Waals surface area contributed by atoms with Crippen LogP contribution in [0.3, 0.4) is 0 Å². The van der Waals surface area contributed by atoms with E-state index in [2.05, 4.69) is 9.72 Å². The van der Waals surface area contributed by atoms with Crippen LogP contribution in [0.1, 0.15) is 11.3 Å². The van der Waals surface area contributed by atoms with Gasteiger partial charge in [0.05, 0.1) is 18.3 Å². The van der Waals surface area contributed by atoms with Crippen LogP contribution in [0.25, 0.3) is 0 Å². The number of carboxylic acids is 1. The van der Waals surface area contributed by atoms with Gasteiger partial charge in [0.15, 0.2) is 5.75 Å². The second kappa shape index (κ2) is 5.06. The summed E-state index contributed by atoms with van der Waals surface area (Å²) in [5.74, 6) is -5.21. The van der Waals surface area contributed by atoms with E-state index in [-0.39, 0.29) is 6.20 Å². The number of aromatic hydroxyl groups is 1. The lowest BCUT2D eigenvalue weighted by Gasteiger charge is -2.18. The normalized spacial score (nSPS) is 12.3. The highest BCUT2D eigenvalue weighted by Crippen LogP contribution is 2.44. The first kappa shape index (κ1) is 15.9. The summed E-state index contributed by atoms with van der Waals surface area (Å²) < 4.78 is 77.4. The number of aromatic nitrogens is 1. The number of hydrogen-bond donors (Lipinski definition) is 2. The minimum atomic E-state index is -5.51. The molecule has 112 valence electrons. The van der Waals surface area contributed by atoms with Gasteiger partial charge in [-0.2, -0.15) is 13.2 Å². The molecule has 1 aromatic heterocycles. The molecule has 0 saturated carbocycles. The second-order valence-electron chi connectivity index (χ2n) is 3.41. The minimum Gasteiger partial charge on any atom is -0.506 e. The third-order valence-corrected chi connectivity index (χ3v) is 1.91. The summed E-state index contributed by atoms with van der Waals surface area (Å²) in [6.07, 6.45) is -11.9. The molecule has 0 saturated heterocycles. The van der Waals surface area contributed by atoms with E-state index >= 15 is 0 Å². The standard InChI is InChI=1S/C9H5F6NO4/c10-8(11,12)6-4(17)2-16-3(1-5(18)19)7(6)20-9(13,14)15/h2,17H,1H2,(H,18,19). The summed E-state index contributed by atoms with van der Waals surface area (Å²) in [4.78, 5) is 13.4. The van der Waals surface area contributed by atoms with E-state index in [4.69, 9.17) is 10.2 Å². The van der Waals surface area contributed by atoms with Crippen molar-refractivity contribution in [3.8, 4) is 11.5 Å². The molecule has 1 rings (SSSR count). The van der Waals surface area contributed by atoms with E-state index in [0.717, 1.165) is 0 Å². The van der Waals surface area contributed by atoms with Crippen LogP contribution >= 0.6 is 0 Å². The zero-order valence-electron chi connectivity index (χ0n) is 9.21. The minimum absolute atomic E-state index is 0.199. The molecule has 2 N–H and O–H groups in total. The molecule has 0 spiro atoms. The number of rotatable bonds is 3. The molecule has 0 aliphatic carbocycles. The van der Waals surface area contributed by atoms with E-state index < -0.39 is 47.7 Å². The van der Waals surface area contributed by atoms with Crippen molar-refractivity contribution in [1.82, 2.24) is 4.98 Å². The number of hydrogen-bond acceptors (Lipinski definition) is 4. The lowest BCUT2D eigenvalue weighted by Crippen LogP contribution is -2.22. The van der Waals surface area contributed by atoms with Gasteiger partial charge >= 0.3 is 18.5 Å². The first-order valence-corrected chi connectivity index (χ1v) is 4.67. The SMILES string of the molecule is O=C(O)Cc1ncc(O)c(C(F)(F)F)c1OC(F)(F)F. The lowest BCUT2D eigenvalue weighted by atomic mass is 10.1. The van der Waals surface area contributed by atoms with Gasteiger partial charge in [-0.05, 0) is 0 Å². The third kappa shape index (κ3) is 3.90. The van der Waals surface area contributed by atoms with Crippen LogP contribution in [-0.4, -0.2) is 27.5 Å². The molecule has 0 aliphatic rings. The van der Waals surface area contributed by atoms with Crippen molar-refractivity contribution in [3.63, 3.8) is 0 Å². The fourth-order valence-corrected chi connectivity index (χ4v) is 1.29. The van der Waals surface area contributed by atoms with E-state index in [0.29, 0.717) is 0 Å². The molecule has 1 heterocycles. The molecule has 5 nitrogen and oxygen atoms in total. The van der Waals surface area contributed by atoms with Gasteiger partial charge in [0.25, 0.3) is 0 Å². The zero-order valence-corrected chi connectivity index (χ0v) is 9.21. The second-order valence-corrected chi connectivity index (χ2v) is 3.41. The summed E-state index contributed by atoms with van der Waals surface area (Å²) in [5, 5.41) is 17.4. The molecule has 0 amide bonds. The maximum absolute atomic E-state index is 12.6. The fraction of sp³-hybridized carbons (Fsp3) is 0.333. The molecule has 0 bridgehead atoms. The van der Waals surface area contributed by atoms with Gasteiger partial charge in [0.1, 0.15) is 11.3 Å². The van der Waals surface area contributed by atoms with Crippen LogP contribution in [0.15, 0.2) is 6.20 Å². The molecule has 0 radical (unpaired) electrons. The highest BCUT2D eigenvalue weighted by atomic mass is 19.4. The van der Waals surface area contributed by atoms with E-state index in [1.807, 2.05) is 0 Å². The smallest absolute Gasteiger partial charge is 0.506 e. The van der Waals surface area contributed by atoms with E-state index in [1.54, 1.807) is 0 Å². The van der Waals surface area contributed by atoms with Crippen molar-refractivity contribution in [2.75, 3.05) is 0 Å². The summed E-state index contributed by atoms with van der Waals surface area (Å²) in [7, 11) is 0. The number of halogens is 6. The van der Waals surface area contributed by atoms with Crippen LogP contribution in [0, 0.1) is 0 Å². The number of nitrogens with zero attached hydrogens (tertiary/aromatic N) is 1. The Morgan fingerprint density at radius 3 is 2.20 bits per heavy atom. The number of pyridine rings is 1. The molecular weight excluding hydrogens is 300 g/mol.